The Labute approximate surface area is 70.4 Å². The van der Waals surface area contributed by atoms with Gasteiger partial charge in [0.25, 0.3) is 0 Å². The summed E-state index contributed by atoms with van der Waals surface area (Å²) in [7, 11) is 0. The van der Waals surface area contributed by atoms with Gasteiger partial charge in [0.15, 0.2) is 0 Å². The zero-order valence-electron chi connectivity index (χ0n) is 6.86. The lowest BCUT2D eigenvalue weighted by atomic mass is 10.1. The first kappa shape index (κ1) is 7.16. The Morgan fingerprint density at radius 3 is 3.08 bits per heavy atom. The second-order valence-corrected chi connectivity index (χ2v) is 2.68. The van der Waals surface area contributed by atoms with Crippen LogP contribution in [-0.4, -0.2) is 15.4 Å². The normalized spacial score (nSPS) is 10.4. The minimum atomic E-state index is 0.905. The van der Waals surface area contributed by atoms with Gasteiger partial charge in [-0.25, -0.2) is 0 Å². The van der Waals surface area contributed by atoms with Gasteiger partial charge in [0, 0.05) is 5.39 Å². The standard InChI is InChI=1S/C9H9N3/c1-2-7-3-4-9-8(5-7)6-10-12-11-9/h3-6H,2H2,1H3. The highest BCUT2D eigenvalue weighted by Crippen LogP contribution is 2.11. The third-order valence-electron chi connectivity index (χ3n) is 1.90. The predicted molar refractivity (Wildman–Crippen MR) is 46.7 cm³/mol. The number of hydrogen-bond acceptors (Lipinski definition) is 3. The molecule has 3 nitrogen and oxygen atoms in total. The van der Waals surface area contributed by atoms with Crippen LogP contribution in [0.25, 0.3) is 10.9 Å². The van der Waals surface area contributed by atoms with E-state index in [1.165, 1.54) is 5.56 Å². The van der Waals surface area contributed by atoms with Gasteiger partial charge in [0.05, 0.1) is 11.7 Å². The fraction of sp³-hybridized carbons (Fsp3) is 0.222. The minimum Gasteiger partial charge on any atom is -0.138 e. The van der Waals surface area contributed by atoms with Crippen molar-refractivity contribution in [2.75, 3.05) is 0 Å². The van der Waals surface area contributed by atoms with Gasteiger partial charge in [-0.3, -0.25) is 0 Å². The molecule has 0 unspecified atom stereocenters. The zero-order valence-corrected chi connectivity index (χ0v) is 6.86. The summed E-state index contributed by atoms with van der Waals surface area (Å²) in [4.78, 5) is 0. The van der Waals surface area contributed by atoms with Crippen molar-refractivity contribution < 1.29 is 0 Å². The van der Waals surface area contributed by atoms with Crippen LogP contribution >= 0.6 is 0 Å². The van der Waals surface area contributed by atoms with Crippen molar-refractivity contribution in [2.45, 2.75) is 13.3 Å². The fourth-order valence-electron chi connectivity index (χ4n) is 1.18. The summed E-state index contributed by atoms with van der Waals surface area (Å²) in [6.07, 6.45) is 2.78. The molecule has 3 heteroatoms. The molecule has 0 spiro atoms. The highest BCUT2D eigenvalue weighted by atomic mass is 15.3. The zero-order chi connectivity index (χ0) is 8.39. The van der Waals surface area contributed by atoms with Gasteiger partial charge in [-0.2, -0.15) is 0 Å². The Morgan fingerprint density at radius 2 is 2.25 bits per heavy atom. The molecule has 0 aliphatic heterocycles. The summed E-state index contributed by atoms with van der Waals surface area (Å²) in [6.45, 7) is 2.13. The number of fused-ring (bicyclic) bond motifs is 1. The van der Waals surface area contributed by atoms with Crippen molar-refractivity contribution >= 4 is 10.9 Å². The van der Waals surface area contributed by atoms with Crippen LogP contribution in [0.3, 0.4) is 0 Å². The number of benzene rings is 1. The average Bonchev–Trinajstić information content (AvgIpc) is 2.17. The first-order chi connectivity index (χ1) is 5.90. The second-order valence-electron chi connectivity index (χ2n) is 2.68. The summed E-state index contributed by atoms with van der Waals surface area (Å²) in [5.74, 6) is 0. The number of nitrogens with zero attached hydrogens (tertiary/aromatic N) is 3. The van der Waals surface area contributed by atoms with Crippen molar-refractivity contribution in [3.63, 3.8) is 0 Å². The van der Waals surface area contributed by atoms with Crippen LogP contribution in [0.2, 0.25) is 0 Å². The molecule has 2 aromatic rings. The minimum absolute atomic E-state index is 0.905. The monoisotopic (exact) mass is 159 g/mol. The molecular formula is C9H9N3. The molecule has 60 valence electrons. The number of aromatic nitrogens is 3. The predicted octanol–water partition coefficient (Wildman–Crippen LogP) is 1.59. The van der Waals surface area contributed by atoms with Crippen LogP contribution in [0, 0.1) is 0 Å². The first-order valence-electron chi connectivity index (χ1n) is 3.97. The van der Waals surface area contributed by atoms with E-state index in [1.807, 2.05) is 6.07 Å². The maximum absolute atomic E-state index is 3.90. The molecule has 0 saturated heterocycles. The maximum Gasteiger partial charge on any atom is 0.0963 e. The van der Waals surface area contributed by atoms with Crippen molar-refractivity contribution in [3.8, 4) is 0 Å². The average molecular weight is 159 g/mol. The van der Waals surface area contributed by atoms with E-state index in [1.54, 1.807) is 6.20 Å². The van der Waals surface area contributed by atoms with Crippen molar-refractivity contribution in [1.82, 2.24) is 15.4 Å². The van der Waals surface area contributed by atoms with Gasteiger partial charge in [0.1, 0.15) is 0 Å². The van der Waals surface area contributed by atoms with E-state index < -0.39 is 0 Å². The highest BCUT2D eigenvalue weighted by Gasteiger charge is 1.95. The van der Waals surface area contributed by atoms with Gasteiger partial charge in [-0.1, -0.05) is 13.0 Å². The molecule has 12 heavy (non-hydrogen) atoms. The van der Waals surface area contributed by atoms with Gasteiger partial charge in [0.2, 0.25) is 0 Å². The van der Waals surface area contributed by atoms with Gasteiger partial charge < -0.3 is 0 Å². The third-order valence-corrected chi connectivity index (χ3v) is 1.90. The Morgan fingerprint density at radius 1 is 1.33 bits per heavy atom. The van der Waals surface area contributed by atoms with Crippen LogP contribution in [0.1, 0.15) is 12.5 Å². The Balaban J connectivity index is 2.67. The molecule has 1 aromatic heterocycles. The number of hydrogen-bond donors (Lipinski definition) is 0. The summed E-state index contributed by atoms with van der Waals surface area (Å²) in [5, 5.41) is 12.3. The molecule has 2 rings (SSSR count). The van der Waals surface area contributed by atoms with E-state index in [0.29, 0.717) is 0 Å². The van der Waals surface area contributed by atoms with E-state index >= 15 is 0 Å². The molecule has 1 aromatic carbocycles. The van der Waals surface area contributed by atoms with Gasteiger partial charge in [-0.15, -0.1) is 10.2 Å². The molecule has 1 heterocycles. The Hall–Kier alpha value is -1.51. The lowest BCUT2D eigenvalue weighted by molar-refractivity contribution is 0.894. The topological polar surface area (TPSA) is 38.7 Å². The van der Waals surface area contributed by atoms with Crippen LogP contribution < -0.4 is 0 Å². The smallest absolute Gasteiger partial charge is 0.0963 e. The van der Waals surface area contributed by atoms with Crippen molar-refractivity contribution in [2.24, 2.45) is 0 Å². The van der Waals surface area contributed by atoms with Crippen LogP contribution in [0.4, 0.5) is 0 Å². The lowest BCUT2D eigenvalue weighted by Crippen LogP contribution is -1.88. The van der Waals surface area contributed by atoms with Crippen LogP contribution in [-0.2, 0) is 6.42 Å². The molecule has 0 aliphatic carbocycles. The number of rotatable bonds is 1. The van der Waals surface area contributed by atoms with E-state index in [-0.39, 0.29) is 0 Å². The molecule has 0 N–H and O–H groups in total. The first-order valence-corrected chi connectivity index (χ1v) is 3.97. The molecule has 0 fully saturated rings. The maximum atomic E-state index is 3.90. The quantitative estimate of drug-likeness (QED) is 0.634. The second kappa shape index (κ2) is 2.85. The van der Waals surface area contributed by atoms with Crippen molar-refractivity contribution in [1.29, 1.82) is 0 Å². The molecule has 0 atom stereocenters. The van der Waals surface area contributed by atoms with Crippen LogP contribution in [0.15, 0.2) is 24.4 Å². The molecular weight excluding hydrogens is 150 g/mol. The highest BCUT2D eigenvalue weighted by molar-refractivity contribution is 5.77. The molecule has 0 radical (unpaired) electrons. The SMILES string of the molecule is CCc1ccc2nnncc2c1. The molecule has 0 aliphatic rings. The fourth-order valence-corrected chi connectivity index (χ4v) is 1.18. The molecule has 0 saturated carbocycles. The Kier molecular flexibility index (Phi) is 1.70. The van der Waals surface area contributed by atoms with E-state index in [0.717, 1.165) is 17.3 Å². The van der Waals surface area contributed by atoms with Crippen LogP contribution in [0.5, 0.6) is 0 Å². The molecule has 0 bridgehead atoms. The van der Waals surface area contributed by atoms with Gasteiger partial charge in [-0.05, 0) is 29.3 Å². The number of aryl methyl sites for hydroxylation is 1. The lowest BCUT2D eigenvalue weighted by Gasteiger charge is -1.97. The Bertz CT molecular complexity index is 398. The summed E-state index contributed by atoms with van der Waals surface area (Å²) < 4.78 is 0. The summed E-state index contributed by atoms with van der Waals surface area (Å²) in [5.41, 5.74) is 2.21. The van der Waals surface area contributed by atoms with E-state index in [9.17, 15) is 0 Å². The van der Waals surface area contributed by atoms with Crippen molar-refractivity contribution in [3.05, 3.63) is 30.0 Å². The summed E-state index contributed by atoms with van der Waals surface area (Å²) in [6, 6.07) is 6.14. The van der Waals surface area contributed by atoms with Gasteiger partial charge >= 0.3 is 0 Å². The molecule has 0 amide bonds. The van der Waals surface area contributed by atoms with E-state index in [2.05, 4.69) is 34.5 Å². The third kappa shape index (κ3) is 1.13. The largest absolute Gasteiger partial charge is 0.138 e. The van der Waals surface area contributed by atoms with E-state index in [4.69, 9.17) is 0 Å². The summed E-state index contributed by atoms with van der Waals surface area (Å²) >= 11 is 0.